The van der Waals surface area contributed by atoms with Crippen LogP contribution in [-0.4, -0.2) is 22.4 Å². The maximum absolute atomic E-state index is 12.1. The second-order valence-corrected chi connectivity index (χ2v) is 5.67. The first-order chi connectivity index (χ1) is 10.6. The van der Waals surface area contributed by atoms with Crippen molar-refractivity contribution in [1.82, 2.24) is 15.3 Å². The van der Waals surface area contributed by atoms with Gasteiger partial charge in [0.25, 0.3) is 5.91 Å². The average molecular weight is 298 g/mol. The minimum atomic E-state index is -0.170. The summed E-state index contributed by atoms with van der Waals surface area (Å²) in [7, 11) is 0. The van der Waals surface area contributed by atoms with Crippen molar-refractivity contribution in [1.29, 1.82) is 0 Å². The molecule has 0 radical (unpaired) electrons. The Balaban J connectivity index is 2.03. The Morgan fingerprint density at radius 1 is 1.23 bits per heavy atom. The minimum Gasteiger partial charge on any atom is -0.351 e. The largest absolute Gasteiger partial charge is 0.351 e. The number of benzene rings is 1. The van der Waals surface area contributed by atoms with E-state index in [0.717, 1.165) is 17.7 Å². The van der Waals surface area contributed by atoms with E-state index < -0.39 is 0 Å². The molecule has 0 fully saturated rings. The van der Waals surface area contributed by atoms with E-state index in [4.69, 9.17) is 0 Å². The van der Waals surface area contributed by atoms with Crippen LogP contribution >= 0.6 is 0 Å². The van der Waals surface area contributed by atoms with Crippen LogP contribution in [0.15, 0.2) is 36.7 Å². The van der Waals surface area contributed by atoms with Crippen LogP contribution in [0.1, 0.15) is 36.3 Å². The van der Waals surface area contributed by atoms with Crippen molar-refractivity contribution in [2.24, 2.45) is 5.92 Å². The Kier molecular flexibility index (Phi) is 5.47. The highest BCUT2D eigenvalue weighted by molar-refractivity contribution is 5.92. The Bertz CT molecular complexity index is 640. The Morgan fingerprint density at radius 3 is 2.73 bits per heavy atom. The number of hydrogen-bond donors (Lipinski definition) is 2. The van der Waals surface area contributed by atoms with Crippen molar-refractivity contribution >= 4 is 17.4 Å². The molecule has 1 amide bonds. The summed E-state index contributed by atoms with van der Waals surface area (Å²) < 4.78 is 0. The van der Waals surface area contributed by atoms with Gasteiger partial charge in [-0.25, -0.2) is 9.97 Å². The van der Waals surface area contributed by atoms with Gasteiger partial charge in [0.1, 0.15) is 17.8 Å². The lowest BCUT2D eigenvalue weighted by Gasteiger charge is -2.10. The fraction of sp³-hybridized carbons (Fsp3) is 0.353. The van der Waals surface area contributed by atoms with E-state index in [1.807, 2.05) is 31.2 Å². The number of amides is 1. The predicted octanol–water partition coefficient (Wildman–Crippen LogP) is 3.30. The van der Waals surface area contributed by atoms with Gasteiger partial charge in [-0.2, -0.15) is 0 Å². The zero-order valence-electron chi connectivity index (χ0n) is 13.3. The van der Waals surface area contributed by atoms with Gasteiger partial charge < -0.3 is 10.6 Å². The van der Waals surface area contributed by atoms with Gasteiger partial charge in [0.15, 0.2) is 0 Å². The molecule has 0 atom stereocenters. The van der Waals surface area contributed by atoms with Gasteiger partial charge in [-0.15, -0.1) is 0 Å². The lowest BCUT2D eigenvalue weighted by atomic mass is 10.1. The first kappa shape index (κ1) is 15.9. The van der Waals surface area contributed by atoms with E-state index in [9.17, 15) is 4.79 Å². The zero-order valence-corrected chi connectivity index (χ0v) is 13.3. The molecule has 22 heavy (non-hydrogen) atoms. The van der Waals surface area contributed by atoms with Crippen molar-refractivity contribution in [3.8, 4) is 0 Å². The first-order valence-electron chi connectivity index (χ1n) is 7.49. The third-order valence-corrected chi connectivity index (χ3v) is 3.31. The molecule has 0 aliphatic heterocycles. The van der Waals surface area contributed by atoms with E-state index in [1.54, 1.807) is 6.07 Å². The molecule has 0 bridgehead atoms. The highest BCUT2D eigenvalue weighted by Gasteiger charge is 2.09. The van der Waals surface area contributed by atoms with Crippen molar-refractivity contribution in [3.05, 3.63) is 47.9 Å². The second kappa shape index (κ2) is 7.54. The monoisotopic (exact) mass is 298 g/mol. The van der Waals surface area contributed by atoms with Crippen molar-refractivity contribution in [2.75, 3.05) is 11.9 Å². The molecule has 0 spiro atoms. The summed E-state index contributed by atoms with van der Waals surface area (Å²) in [6, 6.07) is 9.59. The topological polar surface area (TPSA) is 66.9 Å². The Labute approximate surface area is 131 Å². The molecule has 2 aromatic rings. The van der Waals surface area contributed by atoms with Gasteiger partial charge >= 0.3 is 0 Å². The SMILES string of the molecule is Cc1ccccc1Nc1cc(C(=O)NCCC(C)C)ncn1. The van der Waals surface area contributed by atoms with E-state index in [-0.39, 0.29) is 5.91 Å². The van der Waals surface area contributed by atoms with Gasteiger partial charge in [-0.3, -0.25) is 4.79 Å². The molecule has 0 saturated heterocycles. The number of para-hydroxylation sites is 1. The molecular formula is C17H22N4O. The van der Waals surface area contributed by atoms with Gasteiger partial charge in [-0.1, -0.05) is 32.0 Å². The minimum absolute atomic E-state index is 0.170. The highest BCUT2D eigenvalue weighted by Crippen LogP contribution is 2.18. The average Bonchev–Trinajstić information content (AvgIpc) is 2.49. The van der Waals surface area contributed by atoms with Crippen LogP contribution in [-0.2, 0) is 0 Å². The molecule has 0 aliphatic carbocycles. The normalized spacial score (nSPS) is 10.5. The first-order valence-corrected chi connectivity index (χ1v) is 7.49. The quantitative estimate of drug-likeness (QED) is 0.858. The van der Waals surface area contributed by atoms with Crippen LogP contribution in [0.25, 0.3) is 0 Å². The maximum Gasteiger partial charge on any atom is 0.270 e. The van der Waals surface area contributed by atoms with Crippen LogP contribution < -0.4 is 10.6 Å². The van der Waals surface area contributed by atoms with Crippen LogP contribution in [0.4, 0.5) is 11.5 Å². The van der Waals surface area contributed by atoms with E-state index in [2.05, 4.69) is 34.4 Å². The Hall–Kier alpha value is -2.43. The van der Waals surface area contributed by atoms with Crippen molar-refractivity contribution in [3.63, 3.8) is 0 Å². The smallest absolute Gasteiger partial charge is 0.270 e. The number of hydrogen-bond acceptors (Lipinski definition) is 4. The number of nitrogens with zero attached hydrogens (tertiary/aromatic N) is 2. The molecule has 1 aromatic heterocycles. The number of nitrogens with one attached hydrogen (secondary N) is 2. The van der Waals surface area contributed by atoms with Gasteiger partial charge in [0.05, 0.1) is 0 Å². The van der Waals surface area contributed by atoms with Crippen molar-refractivity contribution in [2.45, 2.75) is 27.2 Å². The summed E-state index contributed by atoms with van der Waals surface area (Å²) in [5.41, 5.74) is 2.45. The van der Waals surface area contributed by atoms with E-state index in [1.165, 1.54) is 6.33 Å². The Morgan fingerprint density at radius 2 is 2.00 bits per heavy atom. The van der Waals surface area contributed by atoms with Crippen LogP contribution in [0, 0.1) is 12.8 Å². The van der Waals surface area contributed by atoms with Crippen LogP contribution in [0.3, 0.4) is 0 Å². The third kappa shape index (κ3) is 4.55. The standard InChI is InChI=1S/C17H22N4O/c1-12(2)8-9-18-17(22)15-10-16(20-11-19-15)21-14-7-5-4-6-13(14)3/h4-7,10-12H,8-9H2,1-3H3,(H,18,22)(H,19,20,21). The fourth-order valence-electron chi connectivity index (χ4n) is 1.97. The van der Waals surface area contributed by atoms with Crippen LogP contribution in [0.2, 0.25) is 0 Å². The van der Waals surface area contributed by atoms with E-state index >= 15 is 0 Å². The number of anilines is 2. The summed E-state index contributed by atoms with van der Waals surface area (Å²) in [6.45, 7) is 6.92. The molecule has 116 valence electrons. The molecule has 5 nitrogen and oxygen atoms in total. The molecule has 0 aliphatic rings. The highest BCUT2D eigenvalue weighted by atomic mass is 16.1. The summed E-state index contributed by atoms with van der Waals surface area (Å²) in [5.74, 6) is 0.998. The zero-order chi connectivity index (χ0) is 15.9. The number of aromatic nitrogens is 2. The number of rotatable bonds is 6. The molecule has 2 N–H and O–H groups in total. The number of carbonyl (C=O) groups excluding carboxylic acids is 1. The van der Waals surface area contributed by atoms with Crippen LogP contribution in [0.5, 0.6) is 0 Å². The molecule has 2 rings (SSSR count). The number of aryl methyl sites for hydroxylation is 1. The number of carbonyl (C=O) groups is 1. The lowest BCUT2D eigenvalue weighted by molar-refractivity contribution is 0.0947. The van der Waals surface area contributed by atoms with Gasteiger partial charge in [-0.05, 0) is 30.9 Å². The summed E-state index contributed by atoms with van der Waals surface area (Å²) >= 11 is 0. The fourth-order valence-corrected chi connectivity index (χ4v) is 1.97. The summed E-state index contributed by atoms with van der Waals surface area (Å²) in [5, 5.41) is 6.09. The van der Waals surface area contributed by atoms with Crippen molar-refractivity contribution < 1.29 is 4.79 Å². The molecule has 0 unspecified atom stereocenters. The van der Waals surface area contributed by atoms with Gasteiger partial charge in [0.2, 0.25) is 0 Å². The molecule has 1 heterocycles. The summed E-state index contributed by atoms with van der Waals surface area (Å²) in [6.07, 6.45) is 2.35. The third-order valence-electron chi connectivity index (χ3n) is 3.31. The second-order valence-electron chi connectivity index (χ2n) is 5.67. The van der Waals surface area contributed by atoms with Gasteiger partial charge in [0, 0.05) is 18.3 Å². The predicted molar refractivity (Wildman–Crippen MR) is 88.3 cm³/mol. The molecular weight excluding hydrogens is 276 g/mol. The molecule has 0 saturated carbocycles. The van der Waals surface area contributed by atoms with E-state index in [0.29, 0.717) is 24.0 Å². The molecule has 5 heteroatoms. The lowest BCUT2D eigenvalue weighted by Crippen LogP contribution is -2.26. The summed E-state index contributed by atoms with van der Waals surface area (Å²) in [4.78, 5) is 20.3. The molecule has 1 aromatic carbocycles. The maximum atomic E-state index is 12.1.